The highest BCUT2D eigenvalue weighted by Crippen LogP contribution is 2.24. The minimum atomic E-state index is -0.100. The van der Waals surface area contributed by atoms with Crippen molar-refractivity contribution >= 4 is 16.5 Å². The van der Waals surface area contributed by atoms with Crippen molar-refractivity contribution in [3.8, 4) is 17.2 Å². The van der Waals surface area contributed by atoms with Crippen LogP contribution in [-0.4, -0.2) is 40.0 Å². The first kappa shape index (κ1) is 17.9. The van der Waals surface area contributed by atoms with Gasteiger partial charge in [-0.25, -0.2) is 4.98 Å². The fraction of sp³-hybridized carbons (Fsp3) is 0.304. The van der Waals surface area contributed by atoms with Gasteiger partial charge in [0.05, 0.1) is 11.7 Å². The summed E-state index contributed by atoms with van der Waals surface area (Å²) < 4.78 is 13.8. The molecule has 1 aliphatic heterocycles. The lowest BCUT2D eigenvalue weighted by Gasteiger charge is -2.20. The van der Waals surface area contributed by atoms with Gasteiger partial charge < -0.3 is 13.6 Å². The normalized spacial score (nSPS) is 17.3. The van der Waals surface area contributed by atoms with Crippen molar-refractivity contribution in [3.63, 3.8) is 0 Å². The summed E-state index contributed by atoms with van der Waals surface area (Å²) in [7, 11) is 0. The standard InChI is InChI=1S/C23H23N3O3/c1-16-4-2-8-25(16)10-11-28-18-6-7-22-19(13-18)21(27)14-23(29-22)20-12-17-5-3-9-26(17)15-24-20/h3,5-7,9,12-16H,2,4,8,10-11H2,1H3. The third-order valence-corrected chi connectivity index (χ3v) is 5.71. The molecule has 1 aromatic carbocycles. The van der Waals surface area contributed by atoms with Gasteiger partial charge in [0, 0.05) is 30.4 Å². The summed E-state index contributed by atoms with van der Waals surface area (Å²) in [5, 5.41) is 0.518. The quantitative estimate of drug-likeness (QED) is 0.517. The second-order valence-electron chi connectivity index (χ2n) is 7.62. The van der Waals surface area contributed by atoms with E-state index in [1.807, 2.05) is 34.9 Å². The molecule has 6 heteroatoms. The lowest BCUT2D eigenvalue weighted by molar-refractivity contribution is 0.205. The lowest BCUT2D eigenvalue weighted by Crippen LogP contribution is -2.31. The first-order valence-electron chi connectivity index (χ1n) is 10.1. The molecule has 1 saturated heterocycles. The highest BCUT2D eigenvalue weighted by atomic mass is 16.5. The van der Waals surface area contributed by atoms with Crippen LogP contribution in [0.25, 0.3) is 27.9 Å². The van der Waals surface area contributed by atoms with E-state index < -0.39 is 0 Å². The highest BCUT2D eigenvalue weighted by molar-refractivity contribution is 5.80. The number of hydrogen-bond acceptors (Lipinski definition) is 5. The number of hydrogen-bond donors (Lipinski definition) is 0. The van der Waals surface area contributed by atoms with Crippen LogP contribution < -0.4 is 10.2 Å². The average Bonchev–Trinajstić information content (AvgIpc) is 3.36. The third kappa shape index (κ3) is 3.51. The largest absolute Gasteiger partial charge is 0.492 e. The molecule has 148 valence electrons. The molecule has 4 heterocycles. The fourth-order valence-electron chi connectivity index (χ4n) is 4.03. The zero-order chi connectivity index (χ0) is 19.8. The zero-order valence-corrected chi connectivity index (χ0v) is 16.4. The fourth-order valence-corrected chi connectivity index (χ4v) is 4.03. The van der Waals surface area contributed by atoms with Gasteiger partial charge in [-0.1, -0.05) is 0 Å². The Balaban J connectivity index is 1.38. The van der Waals surface area contributed by atoms with Gasteiger partial charge in [-0.15, -0.1) is 0 Å². The molecule has 29 heavy (non-hydrogen) atoms. The molecule has 1 unspecified atom stereocenters. The summed E-state index contributed by atoms with van der Waals surface area (Å²) in [6.45, 7) is 4.91. The van der Waals surface area contributed by atoms with Gasteiger partial charge >= 0.3 is 0 Å². The van der Waals surface area contributed by atoms with E-state index >= 15 is 0 Å². The number of likely N-dealkylation sites (tertiary alicyclic amines) is 1. The maximum atomic E-state index is 12.7. The Bertz CT molecular complexity index is 1230. The van der Waals surface area contributed by atoms with Gasteiger partial charge in [0.25, 0.3) is 0 Å². The van der Waals surface area contributed by atoms with Gasteiger partial charge in [-0.05, 0) is 62.7 Å². The van der Waals surface area contributed by atoms with E-state index in [0.29, 0.717) is 40.8 Å². The maximum absolute atomic E-state index is 12.7. The van der Waals surface area contributed by atoms with Crippen LogP contribution in [0.3, 0.4) is 0 Å². The van der Waals surface area contributed by atoms with E-state index in [-0.39, 0.29) is 5.43 Å². The monoisotopic (exact) mass is 389 g/mol. The second-order valence-corrected chi connectivity index (χ2v) is 7.62. The molecule has 3 aromatic heterocycles. The molecule has 5 rings (SSSR count). The van der Waals surface area contributed by atoms with E-state index in [9.17, 15) is 4.79 Å². The number of aromatic nitrogens is 2. The van der Waals surface area contributed by atoms with Crippen molar-refractivity contribution in [1.29, 1.82) is 0 Å². The molecule has 0 bridgehead atoms. The Morgan fingerprint density at radius 1 is 1.24 bits per heavy atom. The van der Waals surface area contributed by atoms with Crippen LogP contribution in [0.1, 0.15) is 19.8 Å². The molecular formula is C23H23N3O3. The van der Waals surface area contributed by atoms with E-state index in [1.165, 1.54) is 18.9 Å². The number of rotatable bonds is 5. The Kier molecular flexibility index (Phi) is 4.56. The molecule has 0 N–H and O–H groups in total. The molecule has 1 fully saturated rings. The maximum Gasteiger partial charge on any atom is 0.193 e. The summed E-state index contributed by atoms with van der Waals surface area (Å²) in [6, 6.07) is 13.4. The van der Waals surface area contributed by atoms with Crippen molar-refractivity contribution in [2.45, 2.75) is 25.8 Å². The van der Waals surface area contributed by atoms with Gasteiger partial charge in [0.15, 0.2) is 11.2 Å². The molecule has 0 aliphatic carbocycles. The molecule has 4 aromatic rings. The van der Waals surface area contributed by atoms with Crippen LogP contribution in [0.15, 0.2) is 64.2 Å². The molecule has 0 radical (unpaired) electrons. The smallest absolute Gasteiger partial charge is 0.193 e. The Hall–Kier alpha value is -3.12. The molecule has 1 aliphatic rings. The van der Waals surface area contributed by atoms with Gasteiger partial charge in [0.2, 0.25) is 0 Å². The van der Waals surface area contributed by atoms with Crippen molar-refractivity contribution in [1.82, 2.24) is 14.3 Å². The first-order chi connectivity index (χ1) is 14.2. The Labute approximate surface area is 168 Å². The molecule has 1 atom stereocenters. The van der Waals surface area contributed by atoms with Crippen LogP contribution >= 0.6 is 0 Å². The van der Waals surface area contributed by atoms with E-state index in [2.05, 4.69) is 16.8 Å². The Morgan fingerprint density at radius 3 is 3.03 bits per heavy atom. The van der Waals surface area contributed by atoms with Crippen molar-refractivity contribution in [2.24, 2.45) is 0 Å². The number of ether oxygens (including phenoxy) is 1. The van der Waals surface area contributed by atoms with Crippen molar-refractivity contribution in [3.05, 3.63) is 65.2 Å². The van der Waals surface area contributed by atoms with Crippen LogP contribution in [0.4, 0.5) is 0 Å². The summed E-state index contributed by atoms with van der Waals surface area (Å²) >= 11 is 0. The van der Waals surface area contributed by atoms with E-state index in [4.69, 9.17) is 9.15 Å². The first-order valence-corrected chi connectivity index (χ1v) is 10.1. The minimum absolute atomic E-state index is 0.100. The number of benzene rings is 1. The van der Waals surface area contributed by atoms with Crippen LogP contribution in [0.2, 0.25) is 0 Å². The summed E-state index contributed by atoms with van der Waals surface area (Å²) in [4.78, 5) is 19.5. The third-order valence-electron chi connectivity index (χ3n) is 5.71. The SMILES string of the molecule is CC1CCCN1CCOc1ccc2oc(-c3cc4cccn4cn3)cc(=O)c2c1. The summed E-state index contributed by atoms with van der Waals surface area (Å²) in [5.41, 5.74) is 2.06. The second kappa shape index (κ2) is 7.37. The van der Waals surface area contributed by atoms with Crippen LogP contribution in [0, 0.1) is 0 Å². The highest BCUT2D eigenvalue weighted by Gasteiger charge is 2.19. The molecule has 0 saturated carbocycles. The van der Waals surface area contributed by atoms with Gasteiger partial charge in [-0.3, -0.25) is 9.69 Å². The van der Waals surface area contributed by atoms with Gasteiger partial charge in [0.1, 0.15) is 23.6 Å². The summed E-state index contributed by atoms with van der Waals surface area (Å²) in [5.74, 6) is 1.15. The molecule has 6 nitrogen and oxygen atoms in total. The minimum Gasteiger partial charge on any atom is -0.492 e. The van der Waals surface area contributed by atoms with Crippen molar-refractivity contribution in [2.75, 3.05) is 19.7 Å². The predicted molar refractivity (Wildman–Crippen MR) is 112 cm³/mol. The average molecular weight is 389 g/mol. The zero-order valence-electron chi connectivity index (χ0n) is 16.4. The van der Waals surface area contributed by atoms with Gasteiger partial charge in [-0.2, -0.15) is 0 Å². The molecule has 0 amide bonds. The molecule has 0 spiro atoms. The van der Waals surface area contributed by atoms with Crippen LogP contribution in [0.5, 0.6) is 5.75 Å². The lowest BCUT2D eigenvalue weighted by atomic mass is 10.2. The van der Waals surface area contributed by atoms with Crippen LogP contribution in [-0.2, 0) is 0 Å². The Morgan fingerprint density at radius 2 is 2.17 bits per heavy atom. The predicted octanol–water partition coefficient (Wildman–Crippen LogP) is 3.97. The van der Waals surface area contributed by atoms with Crippen molar-refractivity contribution < 1.29 is 9.15 Å². The summed E-state index contributed by atoms with van der Waals surface area (Å²) in [6.07, 6.45) is 6.15. The number of nitrogens with zero attached hydrogens (tertiary/aromatic N) is 3. The van der Waals surface area contributed by atoms with E-state index in [1.54, 1.807) is 18.5 Å². The topological polar surface area (TPSA) is 60.0 Å². The number of fused-ring (bicyclic) bond motifs is 2. The molecular weight excluding hydrogens is 366 g/mol. The van der Waals surface area contributed by atoms with E-state index in [0.717, 1.165) is 18.6 Å².